The van der Waals surface area contributed by atoms with Gasteiger partial charge in [-0.3, -0.25) is 14.5 Å². The summed E-state index contributed by atoms with van der Waals surface area (Å²) in [5.41, 5.74) is 4.13. The number of nitrogens with zero attached hydrogens (tertiary/aromatic N) is 2. The van der Waals surface area contributed by atoms with Crippen molar-refractivity contribution in [2.24, 2.45) is 0 Å². The molecule has 0 aliphatic carbocycles. The van der Waals surface area contributed by atoms with Gasteiger partial charge in [-0.1, -0.05) is 60.7 Å². The van der Waals surface area contributed by atoms with Gasteiger partial charge >= 0.3 is 0 Å². The average Bonchev–Trinajstić information content (AvgIpc) is 3.56. The quantitative estimate of drug-likeness (QED) is 0.206. The predicted molar refractivity (Wildman–Crippen MR) is 148 cm³/mol. The molecule has 1 amide bonds. The minimum absolute atomic E-state index is 0.109. The van der Waals surface area contributed by atoms with Gasteiger partial charge in [-0.2, -0.15) is 0 Å². The van der Waals surface area contributed by atoms with E-state index >= 15 is 0 Å². The zero-order valence-electron chi connectivity index (χ0n) is 20.7. The fraction of sp³-hybridized carbons (Fsp3) is 0.188. The monoisotopic (exact) mass is 488 g/mol. The van der Waals surface area contributed by atoms with E-state index in [0.717, 1.165) is 40.7 Å². The van der Waals surface area contributed by atoms with Crippen molar-refractivity contribution in [2.75, 3.05) is 22.9 Å². The largest absolute Gasteiger partial charge is 0.507 e. The van der Waals surface area contributed by atoms with Crippen LogP contribution in [-0.4, -0.2) is 29.9 Å². The fourth-order valence-corrected chi connectivity index (χ4v) is 5.58. The summed E-state index contributed by atoms with van der Waals surface area (Å²) in [5.74, 6) is -1.47. The molecule has 6 rings (SSSR count). The van der Waals surface area contributed by atoms with Gasteiger partial charge in [0, 0.05) is 30.0 Å². The van der Waals surface area contributed by atoms with Gasteiger partial charge in [0.2, 0.25) is 0 Å². The third-order valence-electron chi connectivity index (χ3n) is 7.55. The molecule has 4 aromatic rings. The Bertz CT molecular complexity index is 1550. The summed E-state index contributed by atoms with van der Waals surface area (Å²) in [6, 6.07) is 28.2. The summed E-state index contributed by atoms with van der Waals surface area (Å²) in [6.07, 6.45) is 2.36. The third kappa shape index (κ3) is 3.97. The van der Waals surface area contributed by atoms with Gasteiger partial charge < -0.3 is 10.0 Å². The van der Waals surface area contributed by atoms with Crippen LogP contribution in [0.4, 0.5) is 11.4 Å². The lowest BCUT2D eigenvalue weighted by Gasteiger charge is -2.27. The van der Waals surface area contributed by atoms with E-state index in [1.165, 1.54) is 17.7 Å². The van der Waals surface area contributed by atoms with Gasteiger partial charge in [-0.15, -0.1) is 0 Å². The number of aliphatic hydroxyl groups excluding tert-OH is 1. The maximum absolute atomic E-state index is 13.5. The number of carbonyl (C=O) groups excluding carboxylic acids is 2. The highest BCUT2D eigenvalue weighted by Gasteiger charge is 2.47. The number of amides is 1. The Balaban J connectivity index is 1.50. The van der Waals surface area contributed by atoms with Crippen molar-refractivity contribution >= 4 is 39.6 Å². The number of carbonyl (C=O) groups is 2. The molecular weight excluding hydrogens is 460 g/mol. The molecule has 0 spiro atoms. The molecule has 2 aliphatic heterocycles. The Labute approximate surface area is 216 Å². The van der Waals surface area contributed by atoms with E-state index in [0.29, 0.717) is 11.3 Å². The fourth-order valence-electron chi connectivity index (χ4n) is 5.58. The summed E-state index contributed by atoms with van der Waals surface area (Å²) in [7, 11) is 0. The molecule has 2 saturated heterocycles. The standard InChI is InChI=1S/C32H28N2O3/c1-21-8-2-5-11-27(21)29-28(30(35)24-13-12-22-9-3-4-10-23(22)20-24)31(36)32(37)34(29)26-16-14-25(15-17-26)33-18-6-7-19-33/h2-5,8-17,20,29,35H,6-7,18-19H2,1H3/b30-28+. The number of aliphatic hydroxyl groups is 1. The third-order valence-corrected chi connectivity index (χ3v) is 7.55. The number of benzene rings is 4. The van der Waals surface area contributed by atoms with E-state index in [4.69, 9.17) is 0 Å². The van der Waals surface area contributed by atoms with Crippen LogP contribution in [0.25, 0.3) is 16.5 Å². The highest BCUT2D eigenvalue weighted by atomic mass is 16.3. The van der Waals surface area contributed by atoms with E-state index < -0.39 is 17.7 Å². The van der Waals surface area contributed by atoms with Crippen LogP contribution in [0.1, 0.15) is 35.6 Å². The number of rotatable bonds is 4. The Hall–Kier alpha value is -4.38. The molecule has 1 N–H and O–H groups in total. The first-order valence-corrected chi connectivity index (χ1v) is 12.7. The van der Waals surface area contributed by atoms with E-state index in [2.05, 4.69) is 4.90 Å². The molecule has 5 heteroatoms. The second kappa shape index (κ2) is 9.25. The molecule has 2 aliphatic rings. The minimum Gasteiger partial charge on any atom is -0.507 e. The average molecular weight is 489 g/mol. The van der Waals surface area contributed by atoms with Crippen molar-refractivity contribution in [3.63, 3.8) is 0 Å². The first-order chi connectivity index (χ1) is 18.0. The van der Waals surface area contributed by atoms with Gasteiger partial charge in [0.1, 0.15) is 5.76 Å². The summed E-state index contributed by atoms with van der Waals surface area (Å²) in [6.45, 7) is 4.01. The molecule has 1 unspecified atom stereocenters. The molecule has 0 saturated carbocycles. The Morgan fingerprint density at radius 1 is 0.784 bits per heavy atom. The van der Waals surface area contributed by atoms with Gasteiger partial charge in [0.15, 0.2) is 0 Å². The van der Waals surface area contributed by atoms with Crippen LogP contribution < -0.4 is 9.80 Å². The van der Waals surface area contributed by atoms with Gasteiger partial charge in [-0.25, -0.2) is 0 Å². The highest BCUT2D eigenvalue weighted by molar-refractivity contribution is 6.51. The van der Waals surface area contributed by atoms with Crippen molar-refractivity contribution in [2.45, 2.75) is 25.8 Å². The van der Waals surface area contributed by atoms with Crippen LogP contribution in [0.15, 0.2) is 96.6 Å². The van der Waals surface area contributed by atoms with Gasteiger partial charge in [0.05, 0.1) is 11.6 Å². The number of aryl methyl sites for hydroxylation is 1. The normalized spacial score (nSPS) is 19.2. The summed E-state index contributed by atoms with van der Waals surface area (Å²) in [5, 5.41) is 13.5. The van der Waals surface area contributed by atoms with Crippen LogP contribution in [-0.2, 0) is 9.59 Å². The lowest BCUT2D eigenvalue weighted by atomic mass is 9.92. The lowest BCUT2D eigenvalue weighted by Crippen LogP contribution is -2.29. The Morgan fingerprint density at radius 2 is 1.43 bits per heavy atom. The minimum atomic E-state index is -0.731. The number of anilines is 2. The zero-order chi connectivity index (χ0) is 25.5. The first kappa shape index (κ1) is 23.0. The summed E-state index contributed by atoms with van der Waals surface area (Å²) >= 11 is 0. The van der Waals surface area contributed by atoms with Crippen molar-refractivity contribution in [3.05, 3.63) is 113 Å². The van der Waals surface area contributed by atoms with Crippen molar-refractivity contribution in [3.8, 4) is 0 Å². The Kier molecular flexibility index (Phi) is 5.76. The topological polar surface area (TPSA) is 60.9 Å². The van der Waals surface area contributed by atoms with Crippen molar-refractivity contribution in [1.29, 1.82) is 0 Å². The predicted octanol–water partition coefficient (Wildman–Crippen LogP) is 6.37. The number of Topliss-reactive ketones (excluding diaryl/α,β-unsaturated/α-hetero) is 1. The zero-order valence-corrected chi connectivity index (χ0v) is 20.7. The molecule has 0 radical (unpaired) electrons. The van der Waals surface area contributed by atoms with Crippen molar-refractivity contribution < 1.29 is 14.7 Å². The molecule has 4 aromatic carbocycles. The molecule has 0 bridgehead atoms. The maximum Gasteiger partial charge on any atom is 0.300 e. The number of hydrogen-bond donors (Lipinski definition) is 1. The first-order valence-electron chi connectivity index (χ1n) is 12.7. The number of fused-ring (bicyclic) bond motifs is 1. The maximum atomic E-state index is 13.5. The van der Waals surface area contributed by atoms with Crippen LogP contribution in [0.2, 0.25) is 0 Å². The highest BCUT2D eigenvalue weighted by Crippen LogP contribution is 2.43. The van der Waals surface area contributed by atoms with E-state index in [1.807, 2.05) is 91.9 Å². The molecule has 2 heterocycles. The molecule has 5 nitrogen and oxygen atoms in total. The molecule has 0 aromatic heterocycles. The smallest absolute Gasteiger partial charge is 0.300 e. The molecule has 37 heavy (non-hydrogen) atoms. The Morgan fingerprint density at radius 3 is 2.16 bits per heavy atom. The molecular formula is C32H28N2O3. The van der Waals surface area contributed by atoms with Crippen LogP contribution >= 0.6 is 0 Å². The number of hydrogen-bond acceptors (Lipinski definition) is 4. The second-order valence-corrected chi connectivity index (χ2v) is 9.80. The lowest BCUT2D eigenvalue weighted by molar-refractivity contribution is -0.132. The van der Waals surface area contributed by atoms with E-state index in [-0.39, 0.29) is 11.3 Å². The summed E-state index contributed by atoms with van der Waals surface area (Å²) < 4.78 is 0. The van der Waals surface area contributed by atoms with Crippen LogP contribution in [0.5, 0.6) is 0 Å². The molecule has 184 valence electrons. The molecule has 2 fully saturated rings. The van der Waals surface area contributed by atoms with Crippen LogP contribution in [0, 0.1) is 6.92 Å². The number of ketones is 1. The van der Waals surface area contributed by atoms with Crippen molar-refractivity contribution in [1.82, 2.24) is 0 Å². The van der Waals surface area contributed by atoms with E-state index in [9.17, 15) is 14.7 Å². The summed E-state index contributed by atoms with van der Waals surface area (Å²) in [4.78, 5) is 30.9. The van der Waals surface area contributed by atoms with Gasteiger partial charge in [-0.05, 0) is 72.0 Å². The van der Waals surface area contributed by atoms with Crippen LogP contribution in [0.3, 0.4) is 0 Å². The second-order valence-electron chi connectivity index (χ2n) is 9.80. The molecule has 1 atom stereocenters. The van der Waals surface area contributed by atoms with Gasteiger partial charge in [0.25, 0.3) is 11.7 Å². The van der Waals surface area contributed by atoms with E-state index in [1.54, 1.807) is 6.07 Å². The SMILES string of the molecule is Cc1ccccc1C1/C(=C(\O)c2ccc3ccccc3c2)C(=O)C(=O)N1c1ccc(N2CCCC2)cc1.